The normalized spacial score (nSPS) is 13.6. The van der Waals surface area contributed by atoms with E-state index in [-0.39, 0.29) is 32.0 Å². The Morgan fingerprint density at radius 3 is 1.32 bits per heavy atom. The summed E-state index contributed by atoms with van der Waals surface area (Å²) in [5, 5.41) is 0. The minimum absolute atomic E-state index is 0.0285. The van der Waals surface area contributed by atoms with Crippen LogP contribution >= 0.6 is 7.82 Å². The molecule has 0 aromatic rings. The zero-order valence-corrected chi connectivity index (χ0v) is 38.2. The highest BCUT2D eigenvalue weighted by Crippen LogP contribution is 2.38. The molecule has 2 unspecified atom stereocenters. The van der Waals surface area contributed by atoms with Crippen molar-refractivity contribution in [2.24, 2.45) is 0 Å². The number of nitrogens with zero attached hydrogens (tertiary/aromatic N) is 1. The zero-order valence-electron chi connectivity index (χ0n) is 37.3. The Hall–Kier alpha value is -1.25. The number of unbranched alkanes of at least 4 members (excludes halogenated alkanes) is 27. The lowest BCUT2D eigenvalue weighted by molar-refractivity contribution is -0.870. The fraction of sp³-hybridized carbons (Fsp3) is 0.913. The second-order valence-electron chi connectivity index (χ2n) is 17.1. The molecule has 0 spiro atoms. The Morgan fingerprint density at radius 1 is 0.536 bits per heavy atom. The third-order valence-corrected chi connectivity index (χ3v) is 11.2. The SMILES string of the molecule is CCCCCCCCC/C=C\CCCCCCCCCC(=O)OC(COC(=O)CCCCCCCCCCCCCCCC)COP(=O)([O-])OCC[N+](C)(C)C. The predicted octanol–water partition coefficient (Wildman–Crippen LogP) is 12.7. The third kappa shape index (κ3) is 42.4. The number of carbonyl (C=O) groups is 2. The van der Waals surface area contributed by atoms with Gasteiger partial charge in [0.25, 0.3) is 7.82 Å². The van der Waals surface area contributed by atoms with Gasteiger partial charge in [-0.1, -0.05) is 180 Å². The molecule has 0 radical (unpaired) electrons. The van der Waals surface area contributed by atoms with Crippen LogP contribution in [0.2, 0.25) is 0 Å². The quantitative estimate of drug-likeness (QED) is 0.0197. The second-order valence-corrected chi connectivity index (χ2v) is 18.5. The van der Waals surface area contributed by atoms with E-state index in [4.69, 9.17) is 18.5 Å². The highest BCUT2D eigenvalue weighted by Gasteiger charge is 2.21. The van der Waals surface area contributed by atoms with Crippen LogP contribution in [0.3, 0.4) is 0 Å². The number of phosphoric acid groups is 1. The summed E-state index contributed by atoms with van der Waals surface area (Å²) in [5.74, 6) is -0.828. The fourth-order valence-electron chi connectivity index (χ4n) is 6.59. The Morgan fingerprint density at radius 2 is 0.911 bits per heavy atom. The molecular formula is C46H90NO8P. The molecule has 332 valence electrons. The van der Waals surface area contributed by atoms with Gasteiger partial charge in [-0.15, -0.1) is 0 Å². The summed E-state index contributed by atoms with van der Waals surface area (Å²) in [6.07, 6.45) is 40.9. The van der Waals surface area contributed by atoms with E-state index in [1.54, 1.807) is 0 Å². The number of likely N-dealkylation sites (N-methyl/N-ethyl adjacent to an activating group) is 1. The summed E-state index contributed by atoms with van der Waals surface area (Å²) < 4.78 is 33.9. The maximum Gasteiger partial charge on any atom is 0.306 e. The van der Waals surface area contributed by atoms with E-state index in [9.17, 15) is 19.0 Å². The van der Waals surface area contributed by atoms with Gasteiger partial charge in [0.1, 0.15) is 19.8 Å². The molecule has 0 saturated carbocycles. The van der Waals surface area contributed by atoms with Gasteiger partial charge >= 0.3 is 11.9 Å². The van der Waals surface area contributed by atoms with Crippen molar-refractivity contribution in [3.05, 3.63) is 12.2 Å². The number of quaternary nitrogens is 1. The van der Waals surface area contributed by atoms with Crippen molar-refractivity contribution in [1.29, 1.82) is 0 Å². The summed E-state index contributed by atoms with van der Waals surface area (Å²) in [6, 6.07) is 0. The smallest absolute Gasteiger partial charge is 0.306 e. The number of phosphoric ester groups is 1. The van der Waals surface area contributed by atoms with E-state index in [0.717, 1.165) is 44.9 Å². The number of rotatable bonds is 43. The highest BCUT2D eigenvalue weighted by atomic mass is 31.2. The molecule has 0 rings (SSSR count). The van der Waals surface area contributed by atoms with E-state index >= 15 is 0 Å². The first kappa shape index (κ1) is 54.8. The summed E-state index contributed by atoms with van der Waals surface area (Å²) in [6.45, 7) is 4.25. The summed E-state index contributed by atoms with van der Waals surface area (Å²) >= 11 is 0. The van der Waals surface area contributed by atoms with Crippen LogP contribution in [0.15, 0.2) is 12.2 Å². The van der Waals surface area contributed by atoms with Gasteiger partial charge in [0, 0.05) is 12.8 Å². The van der Waals surface area contributed by atoms with Gasteiger partial charge in [0.15, 0.2) is 6.10 Å². The van der Waals surface area contributed by atoms with Crippen molar-refractivity contribution in [2.75, 3.05) is 47.5 Å². The molecule has 0 aromatic carbocycles. The molecule has 0 aromatic heterocycles. The van der Waals surface area contributed by atoms with Crippen LogP contribution in [-0.2, 0) is 32.7 Å². The Bertz CT molecular complexity index is 969. The fourth-order valence-corrected chi connectivity index (χ4v) is 7.32. The molecule has 0 aliphatic rings. The molecule has 0 saturated heterocycles. The first-order valence-electron chi connectivity index (χ1n) is 23.4. The van der Waals surface area contributed by atoms with Crippen LogP contribution in [0.4, 0.5) is 0 Å². The summed E-state index contributed by atoms with van der Waals surface area (Å²) in [7, 11) is 1.17. The Kier molecular flexibility index (Phi) is 38.3. The maximum absolute atomic E-state index is 12.7. The number of allylic oxidation sites excluding steroid dienone is 2. The molecule has 0 fully saturated rings. The number of hydrogen-bond acceptors (Lipinski definition) is 8. The van der Waals surface area contributed by atoms with Crippen molar-refractivity contribution in [2.45, 2.75) is 225 Å². The summed E-state index contributed by atoms with van der Waals surface area (Å²) in [4.78, 5) is 37.6. The molecular weight excluding hydrogens is 725 g/mol. The largest absolute Gasteiger partial charge is 0.756 e. The maximum atomic E-state index is 12.7. The van der Waals surface area contributed by atoms with Gasteiger partial charge < -0.3 is 27.9 Å². The van der Waals surface area contributed by atoms with E-state index < -0.39 is 26.5 Å². The topological polar surface area (TPSA) is 111 Å². The Labute approximate surface area is 346 Å². The van der Waals surface area contributed by atoms with Gasteiger partial charge in [0.2, 0.25) is 0 Å². The van der Waals surface area contributed by atoms with Gasteiger partial charge in [-0.25, -0.2) is 0 Å². The van der Waals surface area contributed by atoms with Crippen LogP contribution in [0.1, 0.15) is 219 Å². The lowest BCUT2D eigenvalue weighted by Gasteiger charge is -2.28. The number of hydrogen-bond donors (Lipinski definition) is 0. The molecule has 0 amide bonds. The average molecular weight is 816 g/mol. The van der Waals surface area contributed by atoms with E-state index in [1.807, 2.05) is 21.1 Å². The van der Waals surface area contributed by atoms with E-state index in [2.05, 4.69) is 26.0 Å². The second kappa shape index (κ2) is 39.2. The first-order valence-corrected chi connectivity index (χ1v) is 24.9. The number of esters is 2. The van der Waals surface area contributed by atoms with Crippen molar-refractivity contribution >= 4 is 19.8 Å². The molecule has 0 aliphatic heterocycles. The van der Waals surface area contributed by atoms with Gasteiger partial charge in [-0.2, -0.15) is 0 Å². The van der Waals surface area contributed by atoms with Crippen LogP contribution in [0, 0.1) is 0 Å². The molecule has 0 heterocycles. The van der Waals surface area contributed by atoms with Crippen molar-refractivity contribution in [3.8, 4) is 0 Å². The molecule has 9 nitrogen and oxygen atoms in total. The van der Waals surface area contributed by atoms with Crippen LogP contribution < -0.4 is 4.89 Å². The first-order chi connectivity index (χ1) is 27.0. The molecule has 0 aliphatic carbocycles. The Balaban J connectivity index is 4.30. The average Bonchev–Trinajstić information content (AvgIpc) is 3.15. The van der Waals surface area contributed by atoms with Gasteiger partial charge in [-0.3, -0.25) is 14.2 Å². The van der Waals surface area contributed by atoms with Crippen LogP contribution in [0.5, 0.6) is 0 Å². The third-order valence-electron chi connectivity index (χ3n) is 10.3. The predicted molar refractivity (Wildman–Crippen MR) is 231 cm³/mol. The van der Waals surface area contributed by atoms with E-state index in [1.165, 1.54) is 141 Å². The minimum atomic E-state index is -4.62. The lowest BCUT2D eigenvalue weighted by Crippen LogP contribution is -2.37. The van der Waals surface area contributed by atoms with Crippen molar-refractivity contribution < 1.29 is 42.1 Å². The van der Waals surface area contributed by atoms with Crippen LogP contribution in [-0.4, -0.2) is 70.0 Å². The summed E-state index contributed by atoms with van der Waals surface area (Å²) in [5.41, 5.74) is 0. The van der Waals surface area contributed by atoms with Crippen LogP contribution in [0.25, 0.3) is 0 Å². The minimum Gasteiger partial charge on any atom is -0.756 e. The lowest BCUT2D eigenvalue weighted by atomic mass is 10.0. The zero-order chi connectivity index (χ0) is 41.4. The highest BCUT2D eigenvalue weighted by molar-refractivity contribution is 7.45. The van der Waals surface area contributed by atoms with Gasteiger partial charge in [-0.05, 0) is 38.5 Å². The molecule has 0 N–H and O–H groups in total. The van der Waals surface area contributed by atoms with Crippen molar-refractivity contribution in [1.82, 2.24) is 0 Å². The standard InChI is InChI=1S/C46H90NO8P/c1-6-8-10-12-14-16-18-20-22-23-24-25-27-29-31-33-35-37-39-46(49)55-44(43-54-56(50,51)53-41-40-47(3,4)5)42-52-45(48)38-36-34-32-30-28-26-21-19-17-15-13-11-9-7-2/h22-23,44H,6-21,24-43H2,1-5H3/b23-22-. The number of ether oxygens (including phenoxy) is 2. The van der Waals surface area contributed by atoms with Gasteiger partial charge in [0.05, 0.1) is 27.7 Å². The molecule has 0 bridgehead atoms. The number of carbonyl (C=O) groups excluding carboxylic acids is 2. The van der Waals surface area contributed by atoms with E-state index in [0.29, 0.717) is 17.4 Å². The monoisotopic (exact) mass is 816 g/mol. The molecule has 2 atom stereocenters. The molecule has 10 heteroatoms. The van der Waals surface area contributed by atoms with Crippen molar-refractivity contribution in [3.63, 3.8) is 0 Å². The molecule has 56 heavy (non-hydrogen) atoms.